The fourth-order valence-electron chi connectivity index (χ4n) is 2.31. The summed E-state index contributed by atoms with van der Waals surface area (Å²) < 4.78 is 0.214. The van der Waals surface area contributed by atoms with E-state index in [9.17, 15) is 5.11 Å². The minimum atomic E-state index is -1.76. The van der Waals surface area contributed by atoms with Gasteiger partial charge in [0.2, 0.25) is 0 Å². The van der Waals surface area contributed by atoms with Crippen LogP contribution in [0.2, 0.25) is 19.6 Å². The Morgan fingerprint density at radius 3 is 2.15 bits per heavy atom. The Kier molecular flexibility index (Phi) is 3.52. The summed E-state index contributed by atoms with van der Waals surface area (Å²) >= 11 is 0. The van der Waals surface area contributed by atoms with E-state index in [-0.39, 0.29) is 10.5 Å². The van der Waals surface area contributed by atoms with Crippen molar-refractivity contribution < 1.29 is 9.70 Å². The fourth-order valence-corrected chi connectivity index (χ4v) is 4.12. The van der Waals surface area contributed by atoms with Crippen molar-refractivity contribution in [2.75, 3.05) is 21.1 Å². The summed E-state index contributed by atoms with van der Waals surface area (Å²) in [5, 5.41) is 15.6. The van der Waals surface area contributed by atoms with Crippen LogP contribution in [0.1, 0.15) is 0 Å². The Hall–Kier alpha value is -1.59. The van der Waals surface area contributed by atoms with Crippen molar-refractivity contribution in [2.45, 2.75) is 19.6 Å². The van der Waals surface area contributed by atoms with Crippen LogP contribution in [-0.2, 0) is 0 Å². The van der Waals surface area contributed by atoms with Crippen LogP contribution in [0.15, 0.2) is 46.4 Å². The van der Waals surface area contributed by atoms with Gasteiger partial charge in [0.25, 0.3) is 0 Å². The standard InChI is InChI=1S/C15H23N3OSi/c1-17-14(16-12-10-8-7-9-11-12)13(20(4,5)6)15(19)18(17,2)3/h7-11H,1-6H3. The molecule has 1 heterocycles. The minimum Gasteiger partial charge on any atom is -0.829 e. The Morgan fingerprint density at radius 2 is 1.65 bits per heavy atom. The third-order valence-corrected chi connectivity index (χ3v) is 5.67. The van der Waals surface area contributed by atoms with Gasteiger partial charge >= 0.3 is 0 Å². The summed E-state index contributed by atoms with van der Waals surface area (Å²) in [4.78, 5) is 4.74. The lowest BCUT2D eigenvalue weighted by molar-refractivity contribution is -0.984. The van der Waals surface area contributed by atoms with E-state index in [1.54, 1.807) is 0 Å². The van der Waals surface area contributed by atoms with Crippen molar-refractivity contribution in [3.05, 3.63) is 41.4 Å². The maximum Gasteiger partial charge on any atom is 0.181 e. The molecule has 20 heavy (non-hydrogen) atoms. The maximum atomic E-state index is 12.7. The van der Waals surface area contributed by atoms with Gasteiger partial charge in [0, 0.05) is 5.20 Å². The normalized spacial score (nSPS) is 20.9. The first-order valence-corrected chi connectivity index (χ1v) is 10.3. The van der Waals surface area contributed by atoms with E-state index in [0.717, 1.165) is 16.7 Å². The molecule has 0 N–H and O–H groups in total. The second-order valence-corrected chi connectivity index (χ2v) is 11.6. The highest BCUT2D eigenvalue weighted by Gasteiger charge is 2.43. The van der Waals surface area contributed by atoms with Gasteiger partial charge in [-0.05, 0) is 12.1 Å². The lowest BCUT2D eigenvalue weighted by Crippen LogP contribution is -2.51. The summed E-state index contributed by atoms with van der Waals surface area (Å²) in [6, 6.07) is 9.82. The molecule has 0 aromatic heterocycles. The van der Waals surface area contributed by atoms with Crippen LogP contribution in [0, 0.1) is 0 Å². The van der Waals surface area contributed by atoms with Crippen LogP contribution >= 0.6 is 0 Å². The van der Waals surface area contributed by atoms with E-state index in [1.165, 1.54) is 0 Å². The van der Waals surface area contributed by atoms with Crippen LogP contribution in [0.4, 0.5) is 5.69 Å². The molecule has 1 aromatic carbocycles. The van der Waals surface area contributed by atoms with Gasteiger partial charge in [-0.1, -0.05) is 37.8 Å². The number of benzene rings is 1. The fraction of sp³-hybridized carbons (Fsp3) is 0.400. The molecule has 0 amide bonds. The lowest BCUT2D eigenvalue weighted by Gasteiger charge is -2.36. The van der Waals surface area contributed by atoms with Gasteiger partial charge in [0.05, 0.1) is 40.8 Å². The molecule has 108 valence electrons. The van der Waals surface area contributed by atoms with Gasteiger partial charge in [-0.2, -0.15) is 0 Å². The van der Waals surface area contributed by atoms with E-state index < -0.39 is 8.07 Å². The molecule has 4 nitrogen and oxygen atoms in total. The average Bonchev–Trinajstić information content (AvgIpc) is 2.51. The summed E-state index contributed by atoms with van der Waals surface area (Å²) in [5.74, 6) is 0.992. The van der Waals surface area contributed by atoms with Crippen molar-refractivity contribution in [2.24, 2.45) is 4.99 Å². The summed E-state index contributed by atoms with van der Waals surface area (Å²) in [5.41, 5.74) is 0.889. The van der Waals surface area contributed by atoms with Crippen molar-refractivity contribution in [1.29, 1.82) is 0 Å². The Labute approximate surface area is 122 Å². The highest BCUT2D eigenvalue weighted by Crippen LogP contribution is 2.33. The predicted molar refractivity (Wildman–Crippen MR) is 83.8 cm³/mol. The monoisotopic (exact) mass is 289 g/mol. The van der Waals surface area contributed by atoms with Crippen LogP contribution in [0.25, 0.3) is 0 Å². The van der Waals surface area contributed by atoms with Crippen molar-refractivity contribution >= 4 is 19.6 Å². The van der Waals surface area contributed by atoms with Crippen molar-refractivity contribution in [3.8, 4) is 0 Å². The van der Waals surface area contributed by atoms with E-state index >= 15 is 0 Å². The highest BCUT2D eigenvalue weighted by atomic mass is 28.3. The number of quaternary nitrogens is 1. The smallest absolute Gasteiger partial charge is 0.181 e. The number of para-hydroxylation sites is 1. The molecular formula is C15H23N3OSi. The molecule has 0 spiro atoms. The summed E-state index contributed by atoms with van der Waals surface area (Å²) in [6.45, 7) is 6.58. The number of aliphatic imine (C=N–C) groups is 1. The minimum absolute atomic E-state index is 0.168. The number of rotatable bonds is 2. The second-order valence-electron chi connectivity index (χ2n) is 6.62. The third-order valence-electron chi connectivity index (χ3n) is 3.73. The Balaban J connectivity index is 2.60. The van der Waals surface area contributed by atoms with Crippen molar-refractivity contribution in [3.63, 3.8) is 0 Å². The number of likely N-dealkylation sites (N-methyl/N-ethyl adjacent to an activating group) is 1. The zero-order valence-electron chi connectivity index (χ0n) is 13.1. The van der Waals surface area contributed by atoms with Gasteiger partial charge < -0.3 is 5.11 Å². The Morgan fingerprint density at radius 1 is 1.10 bits per heavy atom. The topological polar surface area (TPSA) is 38.7 Å². The molecule has 0 fully saturated rings. The van der Waals surface area contributed by atoms with E-state index in [0.29, 0.717) is 0 Å². The molecule has 2 rings (SSSR count). The van der Waals surface area contributed by atoms with Crippen LogP contribution in [0.5, 0.6) is 0 Å². The second kappa shape index (κ2) is 4.75. The van der Waals surface area contributed by atoms with E-state index in [2.05, 4.69) is 19.6 Å². The van der Waals surface area contributed by atoms with Gasteiger partial charge in [-0.25, -0.2) is 14.6 Å². The summed E-state index contributed by atoms with van der Waals surface area (Å²) in [6.07, 6.45) is 0. The summed E-state index contributed by atoms with van der Waals surface area (Å²) in [7, 11) is 4.01. The molecule has 0 saturated heterocycles. The van der Waals surface area contributed by atoms with Gasteiger partial charge in [0.1, 0.15) is 0 Å². The maximum absolute atomic E-state index is 12.7. The molecule has 0 atom stereocenters. The van der Waals surface area contributed by atoms with E-state index in [1.807, 2.05) is 56.5 Å². The van der Waals surface area contributed by atoms with Crippen LogP contribution in [0.3, 0.4) is 0 Å². The van der Waals surface area contributed by atoms with Crippen molar-refractivity contribution in [1.82, 2.24) is 5.01 Å². The van der Waals surface area contributed by atoms with Crippen LogP contribution < -0.4 is 5.11 Å². The quantitative estimate of drug-likeness (QED) is 0.618. The SMILES string of the molecule is CN1C(=Nc2ccccc2)C([Si](C)(C)C)=C([O-])[N+]1(C)C. The van der Waals surface area contributed by atoms with Crippen LogP contribution in [-0.4, -0.2) is 44.7 Å². The average molecular weight is 289 g/mol. The van der Waals surface area contributed by atoms with Gasteiger partial charge in [0.15, 0.2) is 5.84 Å². The third kappa shape index (κ3) is 2.39. The largest absolute Gasteiger partial charge is 0.829 e. The molecule has 0 radical (unpaired) electrons. The predicted octanol–water partition coefficient (Wildman–Crippen LogP) is 2.10. The number of hydrogen-bond acceptors (Lipinski definition) is 2. The molecule has 1 aliphatic rings. The number of nitrogens with zero attached hydrogens (tertiary/aromatic N) is 3. The first-order valence-electron chi connectivity index (χ1n) is 6.80. The highest BCUT2D eigenvalue weighted by molar-refractivity contribution is 6.87. The van der Waals surface area contributed by atoms with Gasteiger partial charge in [-0.15, -0.1) is 0 Å². The zero-order chi connectivity index (χ0) is 15.1. The first kappa shape index (κ1) is 14.8. The molecule has 0 saturated carbocycles. The van der Waals surface area contributed by atoms with E-state index in [4.69, 9.17) is 4.99 Å². The molecule has 0 aliphatic carbocycles. The molecule has 5 heteroatoms. The van der Waals surface area contributed by atoms with Gasteiger partial charge in [-0.3, -0.25) is 0 Å². The molecular weight excluding hydrogens is 266 g/mol. The molecule has 1 aliphatic heterocycles. The first-order chi connectivity index (χ1) is 9.15. The lowest BCUT2D eigenvalue weighted by atomic mass is 10.3. The zero-order valence-corrected chi connectivity index (χ0v) is 14.1. The molecule has 0 unspecified atom stereocenters. The molecule has 1 aromatic rings. The Bertz CT molecular complexity index is 571. The number of amidine groups is 1. The molecule has 0 bridgehead atoms. The number of hydrogen-bond donors (Lipinski definition) is 0.